The molecule has 2 rings (SSSR count). The second-order valence-corrected chi connectivity index (χ2v) is 5.00. The maximum absolute atomic E-state index is 13.3. The number of phenolic OH excluding ortho intramolecular Hbond substituents is 1. The van der Waals surface area contributed by atoms with Crippen LogP contribution in [0.5, 0.6) is 5.75 Å². The number of hydrogen-bond donors (Lipinski definition) is 2. The van der Waals surface area contributed by atoms with Gasteiger partial charge in [-0.25, -0.2) is 0 Å². The van der Waals surface area contributed by atoms with Gasteiger partial charge in [-0.2, -0.15) is 26.3 Å². The number of rotatable bonds is 2. The molecule has 1 fully saturated rings. The molecule has 11 heteroatoms. The number of alkyl halides is 6. The molecule has 1 heterocycles. The van der Waals surface area contributed by atoms with Crippen LogP contribution in [0.4, 0.5) is 26.3 Å². The third kappa shape index (κ3) is 5.30. The molecule has 140 valence electrons. The summed E-state index contributed by atoms with van der Waals surface area (Å²) in [5.41, 5.74) is -1.99. The van der Waals surface area contributed by atoms with Gasteiger partial charge in [0, 0.05) is 31.7 Å². The highest BCUT2D eigenvalue weighted by Crippen LogP contribution is 2.43. The predicted molar refractivity (Wildman–Crippen MR) is 80.8 cm³/mol. The van der Waals surface area contributed by atoms with Gasteiger partial charge >= 0.3 is 12.4 Å². The van der Waals surface area contributed by atoms with Gasteiger partial charge in [-0.3, -0.25) is 4.90 Å². The maximum atomic E-state index is 13.3. The summed E-state index contributed by atoms with van der Waals surface area (Å²) in [6.07, 6.45) is -9.57. The van der Waals surface area contributed by atoms with Crippen molar-refractivity contribution in [2.45, 2.75) is 18.4 Å². The van der Waals surface area contributed by atoms with E-state index in [0.717, 1.165) is 4.90 Å². The van der Waals surface area contributed by atoms with Gasteiger partial charge in [0.25, 0.3) is 0 Å². The van der Waals surface area contributed by atoms with Crippen molar-refractivity contribution in [2.24, 2.45) is 0 Å². The van der Waals surface area contributed by atoms with E-state index in [0.29, 0.717) is 31.3 Å². The van der Waals surface area contributed by atoms with E-state index in [2.05, 4.69) is 5.32 Å². The van der Waals surface area contributed by atoms with Crippen molar-refractivity contribution in [1.82, 2.24) is 10.2 Å². The van der Waals surface area contributed by atoms with E-state index in [1.54, 1.807) is 0 Å². The lowest BCUT2D eigenvalue weighted by molar-refractivity contribution is -0.188. The molecule has 0 amide bonds. The molecule has 1 aliphatic heterocycles. The second-order valence-electron chi connectivity index (χ2n) is 5.00. The lowest BCUT2D eigenvalue weighted by atomic mass is 9.99. The highest BCUT2D eigenvalue weighted by molar-refractivity contribution is 5.85. The Hall–Kier alpha value is -0.900. The normalized spacial score (nSPS) is 17.6. The van der Waals surface area contributed by atoms with Crippen molar-refractivity contribution >= 4 is 24.8 Å². The molecule has 24 heavy (non-hydrogen) atoms. The van der Waals surface area contributed by atoms with Crippen LogP contribution in [0, 0.1) is 0 Å². The topological polar surface area (TPSA) is 35.5 Å². The smallest absolute Gasteiger partial charge is 0.416 e. The zero-order chi connectivity index (χ0) is 16.5. The summed E-state index contributed by atoms with van der Waals surface area (Å²) < 4.78 is 78.2. The van der Waals surface area contributed by atoms with Gasteiger partial charge in [-0.1, -0.05) is 0 Å². The maximum Gasteiger partial charge on any atom is 0.416 e. The van der Waals surface area contributed by atoms with Crippen LogP contribution in [0.3, 0.4) is 0 Å². The summed E-state index contributed by atoms with van der Waals surface area (Å²) in [5, 5.41) is 12.5. The summed E-state index contributed by atoms with van der Waals surface area (Å²) in [6, 6.07) is -0.685. The second kappa shape index (κ2) is 8.46. The first-order valence-corrected chi connectivity index (χ1v) is 6.52. The van der Waals surface area contributed by atoms with Crippen molar-refractivity contribution < 1.29 is 31.4 Å². The van der Waals surface area contributed by atoms with E-state index in [-0.39, 0.29) is 37.9 Å². The fraction of sp³-hybridized carbons (Fsp3) is 0.538. The number of aromatic hydroxyl groups is 1. The molecule has 1 atom stereocenters. The molecule has 0 bridgehead atoms. The first-order chi connectivity index (χ1) is 10.1. The Balaban J connectivity index is 0.00000264. The minimum absolute atomic E-state index is 0. The molecule has 0 aromatic heterocycles. The molecule has 0 saturated carbocycles. The van der Waals surface area contributed by atoms with Gasteiger partial charge in [-0.05, 0) is 18.2 Å². The zero-order valence-electron chi connectivity index (χ0n) is 12.1. The van der Waals surface area contributed by atoms with Crippen LogP contribution in [0.25, 0.3) is 0 Å². The average Bonchev–Trinajstić information content (AvgIpc) is 2.39. The predicted octanol–water partition coefficient (Wildman–Crippen LogP) is 3.76. The van der Waals surface area contributed by atoms with Crippen LogP contribution in [0.2, 0.25) is 0 Å². The van der Waals surface area contributed by atoms with Crippen LogP contribution in [-0.4, -0.2) is 42.4 Å². The van der Waals surface area contributed by atoms with E-state index in [4.69, 9.17) is 0 Å². The van der Waals surface area contributed by atoms with E-state index in [9.17, 15) is 31.4 Å². The molecule has 1 aromatic rings. The van der Waals surface area contributed by atoms with Crippen molar-refractivity contribution in [2.75, 3.05) is 26.2 Å². The average molecular weight is 401 g/mol. The highest BCUT2D eigenvalue weighted by atomic mass is 35.5. The SMILES string of the molecule is Cl.Cl.Oc1ccc(C(F)(F)F)cc1[C@H](N1CCNCC1)C(F)(F)F. The molecule has 0 spiro atoms. The van der Waals surface area contributed by atoms with E-state index in [1.807, 2.05) is 0 Å². The molecule has 0 radical (unpaired) electrons. The van der Waals surface area contributed by atoms with E-state index in [1.165, 1.54) is 0 Å². The van der Waals surface area contributed by atoms with Crippen molar-refractivity contribution in [3.8, 4) is 5.75 Å². The molecule has 0 unspecified atom stereocenters. The number of phenols is 1. The number of hydrogen-bond acceptors (Lipinski definition) is 3. The summed E-state index contributed by atoms with van der Waals surface area (Å²) in [6.45, 7) is 0.651. The van der Waals surface area contributed by atoms with Crippen LogP contribution >= 0.6 is 24.8 Å². The Kier molecular flexibility index (Phi) is 8.14. The number of nitrogens with one attached hydrogen (secondary N) is 1. The molecule has 1 aliphatic rings. The van der Waals surface area contributed by atoms with Crippen molar-refractivity contribution in [1.29, 1.82) is 0 Å². The minimum Gasteiger partial charge on any atom is -0.508 e. The lowest BCUT2D eigenvalue weighted by Gasteiger charge is -2.36. The summed E-state index contributed by atoms with van der Waals surface area (Å²) in [4.78, 5) is 1.02. The Labute approximate surface area is 146 Å². The number of benzene rings is 1. The van der Waals surface area contributed by atoms with Gasteiger partial charge in [0.15, 0.2) is 0 Å². The molecule has 2 N–H and O–H groups in total. The molecule has 3 nitrogen and oxygen atoms in total. The first kappa shape index (κ1) is 23.1. The molecular weight excluding hydrogens is 385 g/mol. The molecular formula is C13H16Cl2F6N2O. The lowest BCUT2D eigenvalue weighted by Crippen LogP contribution is -2.49. The quantitative estimate of drug-likeness (QED) is 0.741. The molecule has 1 saturated heterocycles. The minimum atomic E-state index is -4.79. The van der Waals surface area contributed by atoms with Gasteiger partial charge in [0.05, 0.1) is 5.56 Å². The summed E-state index contributed by atoms with van der Waals surface area (Å²) >= 11 is 0. The van der Waals surface area contributed by atoms with Crippen molar-refractivity contribution in [3.63, 3.8) is 0 Å². The third-order valence-corrected chi connectivity index (χ3v) is 3.48. The fourth-order valence-corrected chi connectivity index (χ4v) is 2.47. The van der Waals surface area contributed by atoms with E-state index >= 15 is 0 Å². The fourth-order valence-electron chi connectivity index (χ4n) is 2.47. The summed E-state index contributed by atoms with van der Waals surface area (Å²) in [5.74, 6) is -0.797. The van der Waals surface area contributed by atoms with Crippen molar-refractivity contribution in [3.05, 3.63) is 29.3 Å². The van der Waals surface area contributed by atoms with Crippen LogP contribution < -0.4 is 5.32 Å². The number of nitrogens with zero attached hydrogens (tertiary/aromatic N) is 1. The Bertz CT molecular complexity index is 532. The zero-order valence-corrected chi connectivity index (χ0v) is 13.7. The standard InChI is InChI=1S/C13H14F6N2O.2ClH/c14-12(15,16)8-1-2-10(22)9(7-8)11(13(17,18)19)21-5-3-20-4-6-21;;/h1-2,7,11,20,22H,3-6H2;2*1H/t11-;;/m0../s1. The van der Waals surface area contributed by atoms with Crippen LogP contribution in [0.15, 0.2) is 18.2 Å². The Morgan fingerprint density at radius 2 is 1.54 bits per heavy atom. The first-order valence-electron chi connectivity index (χ1n) is 6.52. The van der Waals surface area contributed by atoms with Gasteiger partial charge in [0.2, 0.25) is 0 Å². The van der Waals surface area contributed by atoms with Gasteiger partial charge in [0.1, 0.15) is 11.8 Å². The number of halogens is 8. The Morgan fingerprint density at radius 3 is 2.00 bits per heavy atom. The molecule has 1 aromatic carbocycles. The van der Waals surface area contributed by atoms with Crippen LogP contribution in [-0.2, 0) is 6.18 Å². The monoisotopic (exact) mass is 400 g/mol. The Morgan fingerprint density at radius 1 is 1.00 bits per heavy atom. The third-order valence-electron chi connectivity index (χ3n) is 3.48. The van der Waals surface area contributed by atoms with Gasteiger partial charge in [-0.15, -0.1) is 24.8 Å². The number of piperazine rings is 1. The van der Waals surface area contributed by atoms with Crippen LogP contribution in [0.1, 0.15) is 17.2 Å². The largest absolute Gasteiger partial charge is 0.508 e. The summed E-state index contributed by atoms with van der Waals surface area (Å²) in [7, 11) is 0. The highest BCUT2D eigenvalue weighted by Gasteiger charge is 2.47. The molecule has 0 aliphatic carbocycles. The van der Waals surface area contributed by atoms with E-state index < -0.39 is 35.3 Å². The van der Waals surface area contributed by atoms with Gasteiger partial charge < -0.3 is 10.4 Å².